The van der Waals surface area contributed by atoms with Crippen molar-refractivity contribution in [1.82, 2.24) is 19.9 Å². The van der Waals surface area contributed by atoms with Crippen molar-refractivity contribution in [3.8, 4) is 11.5 Å². The van der Waals surface area contributed by atoms with E-state index in [-0.39, 0.29) is 5.91 Å². The van der Waals surface area contributed by atoms with Gasteiger partial charge in [0, 0.05) is 47.3 Å². The first kappa shape index (κ1) is 27.5. The maximum atomic E-state index is 13.3. The van der Waals surface area contributed by atoms with E-state index in [4.69, 9.17) is 25.2 Å². The molecule has 8 nitrogen and oxygen atoms in total. The Balaban J connectivity index is 1.73. The number of nitrogens with two attached hydrogens (primary N) is 1. The maximum absolute atomic E-state index is 13.3. The largest absolute Gasteiger partial charge is 0.493 e. The van der Waals surface area contributed by atoms with Gasteiger partial charge in [-0.05, 0) is 43.5 Å². The van der Waals surface area contributed by atoms with Crippen LogP contribution in [0.3, 0.4) is 0 Å². The van der Waals surface area contributed by atoms with Crippen molar-refractivity contribution in [3.05, 3.63) is 77.9 Å². The number of nitrogen functional groups attached to an aromatic ring is 1. The molecule has 8 heteroatoms. The van der Waals surface area contributed by atoms with E-state index in [9.17, 15) is 4.79 Å². The third-order valence-corrected chi connectivity index (χ3v) is 8.64. The number of piperidine rings is 1. The molecule has 40 heavy (non-hydrogen) atoms. The topological polar surface area (TPSA) is 106 Å². The summed E-state index contributed by atoms with van der Waals surface area (Å²) >= 11 is 0. The SMILES string of the molecule is COc1cc2nc(C(C)(c3ccc[nH]3)C3(c4ccccc4)CCN(C(=O)C(C)(C)C)CC3)nc(N)c2cc1OC. The molecule has 0 aliphatic carbocycles. The van der Waals surface area contributed by atoms with Crippen LogP contribution < -0.4 is 15.2 Å². The second-order valence-corrected chi connectivity index (χ2v) is 11.9. The molecule has 210 valence electrons. The molecule has 1 aliphatic heterocycles. The van der Waals surface area contributed by atoms with Gasteiger partial charge in [0.25, 0.3) is 0 Å². The number of likely N-dealkylation sites (tertiary alicyclic amines) is 1. The normalized spacial score (nSPS) is 16.9. The van der Waals surface area contributed by atoms with Gasteiger partial charge >= 0.3 is 0 Å². The molecule has 0 radical (unpaired) electrons. The third kappa shape index (κ3) is 4.35. The van der Waals surface area contributed by atoms with Crippen LogP contribution in [-0.2, 0) is 15.6 Å². The van der Waals surface area contributed by atoms with Gasteiger partial charge in [0.15, 0.2) is 11.5 Å². The summed E-state index contributed by atoms with van der Waals surface area (Å²) in [7, 11) is 3.20. The van der Waals surface area contributed by atoms with E-state index in [0.717, 1.165) is 18.5 Å². The Bertz CT molecular complexity index is 1500. The summed E-state index contributed by atoms with van der Waals surface area (Å²) in [6.45, 7) is 9.41. The van der Waals surface area contributed by atoms with E-state index in [0.29, 0.717) is 47.1 Å². The lowest BCUT2D eigenvalue weighted by molar-refractivity contribution is -0.141. The second-order valence-electron chi connectivity index (χ2n) is 11.9. The molecule has 1 unspecified atom stereocenters. The molecule has 3 heterocycles. The molecule has 0 spiro atoms. The number of hydrogen-bond acceptors (Lipinski definition) is 6. The third-order valence-electron chi connectivity index (χ3n) is 8.64. The average molecular weight is 542 g/mol. The Morgan fingerprint density at radius 2 is 1.60 bits per heavy atom. The smallest absolute Gasteiger partial charge is 0.227 e. The van der Waals surface area contributed by atoms with Crippen LogP contribution in [0.2, 0.25) is 0 Å². The summed E-state index contributed by atoms with van der Waals surface area (Å²) in [5, 5.41) is 0.703. The summed E-state index contributed by atoms with van der Waals surface area (Å²) in [5.74, 6) is 2.31. The number of nitrogens with one attached hydrogen (secondary N) is 1. The zero-order valence-electron chi connectivity index (χ0n) is 24.2. The molecule has 5 rings (SSSR count). The summed E-state index contributed by atoms with van der Waals surface area (Å²) in [5.41, 5.74) is 7.92. The highest BCUT2D eigenvalue weighted by Gasteiger charge is 2.55. The molecule has 1 saturated heterocycles. The first-order valence-electron chi connectivity index (χ1n) is 13.7. The van der Waals surface area contributed by atoms with E-state index in [1.165, 1.54) is 5.56 Å². The van der Waals surface area contributed by atoms with Gasteiger partial charge in [-0.15, -0.1) is 0 Å². The predicted molar refractivity (Wildman–Crippen MR) is 158 cm³/mol. The summed E-state index contributed by atoms with van der Waals surface area (Å²) < 4.78 is 11.1. The molecular formula is C32H39N5O3. The molecule has 1 amide bonds. The summed E-state index contributed by atoms with van der Waals surface area (Å²) in [6, 6.07) is 18.3. The molecule has 3 N–H and O–H groups in total. The summed E-state index contributed by atoms with van der Waals surface area (Å²) in [4.78, 5) is 28.9. The van der Waals surface area contributed by atoms with Gasteiger partial charge in [0.05, 0.1) is 25.2 Å². The van der Waals surface area contributed by atoms with Gasteiger partial charge < -0.3 is 25.1 Å². The zero-order valence-corrected chi connectivity index (χ0v) is 24.2. The minimum atomic E-state index is -0.704. The maximum Gasteiger partial charge on any atom is 0.227 e. The zero-order chi connectivity index (χ0) is 28.7. The lowest BCUT2D eigenvalue weighted by Crippen LogP contribution is -2.57. The number of ether oxygens (including phenoxy) is 2. The lowest BCUT2D eigenvalue weighted by atomic mass is 9.54. The van der Waals surface area contributed by atoms with Crippen LogP contribution in [0, 0.1) is 5.41 Å². The van der Waals surface area contributed by atoms with E-state index in [1.54, 1.807) is 14.2 Å². The van der Waals surface area contributed by atoms with Gasteiger partial charge in [-0.1, -0.05) is 51.1 Å². The van der Waals surface area contributed by atoms with Crippen LogP contribution in [0.4, 0.5) is 5.82 Å². The number of carbonyl (C=O) groups is 1. The number of H-pyrrole nitrogens is 1. The number of rotatable bonds is 6. The lowest BCUT2D eigenvalue weighted by Gasteiger charge is -2.52. The Labute approximate surface area is 235 Å². The monoisotopic (exact) mass is 541 g/mol. The number of hydrogen-bond donors (Lipinski definition) is 2. The van der Waals surface area contributed by atoms with Crippen LogP contribution in [-0.4, -0.2) is 53.1 Å². The highest BCUT2D eigenvalue weighted by atomic mass is 16.5. The number of aromatic amines is 1. The van der Waals surface area contributed by atoms with Gasteiger partial charge in [0.1, 0.15) is 11.6 Å². The first-order valence-corrected chi connectivity index (χ1v) is 13.7. The predicted octanol–water partition coefficient (Wildman–Crippen LogP) is 5.47. The minimum Gasteiger partial charge on any atom is -0.493 e. The fourth-order valence-corrected chi connectivity index (χ4v) is 6.34. The van der Waals surface area contributed by atoms with Crippen molar-refractivity contribution in [1.29, 1.82) is 0 Å². The van der Waals surface area contributed by atoms with Crippen molar-refractivity contribution >= 4 is 22.6 Å². The highest BCUT2D eigenvalue weighted by Crippen LogP contribution is 2.54. The van der Waals surface area contributed by atoms with Crippen LogP contribution in [0.5, 0.6) is 11.5 Å². The van der Waals surface area contributed by atoms with E-state index in [1.807, 2.05) is 56.1 Å². The van der Waals surface area contributed by atoms with Crippen LogP contribution in [0.25, 0.3) is 10.9 Å². The van der Waals surface area contributed by atoms with Crippen molar-refractivity contribution in [3.63, 3.8) is 0 Å². The minimum absolute atomic E-state index is 0.169. The van der Waals surface area contributed by atoms with Gasteiger partial charge in [-0.3, -0.25) is 4.79 Å². The highest BCUT2D eigenvalue weighted by molar-refractivity contribution is 5.91. The van der Waals surface area contributed by atoms with Crippen molar-refractivity contribution in [2.45, 2.75) is 51.4 Å². The van der Waals surface area contributed by atoms with Gasteiger partial charge in [-0.2, -0.15) is 0 Å². The number of carbonyl (C=O) groups excluding carboxylic acids is 1. The summed E-state index contributed by atoms with van der Waals surface area (Å²) in [6.07, 6.45) is 3.41. The molecule has 1 fully saturated rings. The Kier molecular flexibility index (Phi) is 6.98. The number of fused-ring (bicyclic) bond motifs is 1. The quantitative estimate of drug-likeness (QED) is 0.335. The molecular weight excluding hydrogens is 502 g/mol. The van der Waals surface area contributed by atoms with Gasteiger partial charge in [0.2, 0.25) is 5.91 Å². The second kappa shape index (κ2) is 10.2. The van der Waals surface area contributed by atoms with E-state index >= 15 is 0 Å². The van der Waals surface area contributed by atoms with Crippen molar-refractivity contribution in [2.75, 3.05) is 33.0 Å². The number of benzene rings is 2. The standard InChI is InChI=1S/C32H39N5O3/c1-30(2,3)29(38)37-17-14-32(15-18-37,21-11-8-7-9-12-21)31(4,26-13-10-16-34-26)28-35-23-20-25(40-6)24(39-5)19-22(23)27(33)36-28/h7-13,16,19-20,34H,14-15,17-18H2,1-6H3,(H2,33,35,36). The van der Waals surface area contributed by atoms with Crippen LogP contribution in [0.1, 0.15) is 57.6 Å². The number of methoxy groups -OCH3 is 2. The van der Waals surface area contributed by atoms with Gasteiger partial charge in [-0.25, -0.2) is 9.97 Å². The van der Waals surface area contributed by atoms with Crippen molar-refractivity contribution in [2.24, 2.45) is 5.41 Å². The van der Waals surface area contributed by atoms with E-state index in [2.05, 4.69) is 42.2 Å². The number of amides is 1. The number of aromatic nitrogens is 3. The first-order chi connectivity index (χ1) is 19.0. The van der Waals surface area contributed by atoms with E-state index < -0.39 is 16.2 Å². The van der Waals surface area contributed by atoms with Crippen molar-refractivity contribution < 1.29 is 14.3 Å². The molecule has 2 aromatic heterocycles. The van der Waals surface area contributed by atoms with Crippen LogP contribution >= 0.6 is 0 Å². The fourth-order valence-electron chi connectivity index (χ4n) is 6.34. The average Bonchev–Trinajstić information content (AvgIpc) is 3.51. The molecule has 2 aromatic carbocycles. The number of nitrogens with zero attached hydrogens (tertiary/aromatic N) is 3. The molecule has 0 saturated carbocycles. The molecule has 0 bridgehead atoms. The Morgan fingerprint density at radius 3 is 2.17 bits per heavy atom. The molecule has 4 aromatic rings. The fraction of sp³-hybridized carbons (Fsp3) is 0.406. The molecule has 1 aliphatic rings. The Hall–Kier alpha value is -4.07. The Morgan fingerprint density at radius 1 is 0.950 bits per heavy atom. The van der Waals surface area contributed by atoms with Crippen LogP contribution in [0.15, 0.2) is 60.8 Å². The molecule has 1 atom stereocenters. The number of anilines is 1.